The average Bonchev–Trinajstić information content (AvgIpc) is 3.24. The van der Waals surface area contributed by atoms with Crippen molar-refractivity contribution in [3.63, 3.8) is 0 Å². The molecule has 0 saturated carbocycles. The third-order valence-corrected chi connectivity index (χ3v) is 5.84. The lowest BCUT2D eigenvalue weighted by atomic mass is 10.2. The molecule has 13 heteroatoms. The number of benzene rings is 2. The molecule has 0 amide bonds. The van der Waals surface area contributed by atoms with E-state index in [1.165, 1.54) is 49.4 Å². The second-order valence-corrected chi connectivity index (χ2v) is 8.69. The van der Waals surface area contributed by atoms with Crippen molar-refractivity contribution in [2.24, 2.45) is 0 Å². The summed E-state index contributed by atoms with van der Waals surface area (Å²) in [4.78, 5) is 22.2. The van der Waals surface area contributed by atoms with Crippen LogP contribution >= 0.6 is 11.6 Å². The molecule has 0 spiro atoms. The van der Waals surface area contributed by atoms with Crippen molar-refractivity contribution >= 4 is 33.3 Å². The molecule has 0 saturated heterocycles. The highest BCUT2D eigenvalue weighted by molar-refractivity contribution is 7.89. The number of halogens is 1. The standard InChI is InChI=1S/C19H17ClN4O7S/c1-12(18-22-23-19(31-18)13-5-7-15(8-6-13)24(26)27)30-17(25)9-10-21-32(28,29)16-4-2-3-14(20)11-16/h2-8,11-12,21H,9-10H2,1H3. The maximum Gasteiger partial charge on any atom is 0.307 e. The molecular weight excluding hydrogens is 464 g/mol. The molecule has 168 valence electrons. The molecule has 1 atom stereocenters. The number of nitro benzene ring substituents is 1. The summed E-state index contributed by atoms with van der Waals surface area (Å²) in [5.74, 6) is -0.556. The van der Waals surface area contributed by atoms with E-state index in [-0.39, 0.29) is 40.4 Å². The highest BCUT2D eigenvalue weighted by Gasteiger charge is 2.20. The molecule has 0 fully saturated rings. The maximum absolute atomic E-state index is 12.2. The van der Waals surface area contributed by atoms with Gasteiger partial charge in [-0.05, 0) is 37.3 Å². The summed E-state index contributed by atoms with van der Waals surface area (Å²) in [5.41, 5.74) is 0.380. The van der Waals surface area contributed by atoms with Crippen molar-refractivity contribution < 1.29 is 27.3 Å². The van der Waals surface area contributed by atoms with E-state index >= 15 is 0 Å². The number of nitrogens with one attached hydrogen (secondary N) is 1. The van der Waals surface area contributed by atoms with Gasteiger partial charge in [0.1, 0.15) is 0 Å². The molecule has 3 aromatic rings. The first-order valence-electron chi connectivity index (χ1n) is 9.18. The quantitative estimate of drug-likeness (QED) is 0.276. The molecule has 32 heavy (non-hydrogen) atoms. The predicted molar refractivity (Wildman–Crippen MR) is 112 cm³/mol. The van der Waals surface area contributed by atoms with Gasteiger partial charge in [0.2, 0.25) is 15.9 Å². The van der Waals surface area contributed by atoms with Crippen LogP contribution in [0.1, 0.15) is 25.3 Å². The van der Waals surface area contributed by atoms with Crippen LogP contribution in [0.15, 0.2) is 57.8 Å². The summed E-state index contributed by atoms with van der Waals surface area (Å²) in [6.07, 6.45) is -1.11. The summed E-state index contributed by atoms with van der Waals surface area (Å²) in [6.45, 7) is 1.33. The molecule has 11 nitrogen and oxygen atoms in total. The summed E-state index contributed by atoms with van der Waals surface area (Å²) in [5, 5.41) is 18.7. The van der Waals surface area contributed by atoms with Crippen LogP contribution in [0.5, 0.6) is 0 Å². The number of sulfonamides is 1. The Morgan fingerprint density at radius 3 is 2.62 bits per heavy atom. The van der Waals surface area contributed by atoms with E-state index in [1.807, 2.05) is 0 Å². The number of ether oxygens (including phenoxy) is 1. The Morgan fingerprint density at radius 2 is 1.97 bits per heavy atom. The number of nitro groups is 1. The second-order valence-electron chi connectivity index (χ2n) is 6.49. The third kappa shape index (κ3) is 5.87. The van der Waals surface area contributed by atoms with Crippen LogP contribution in [-0.2, 0) is 19.6 Å². The fraction of sp³-hybridized carbons (Fsp3) is 0.211. The van der Waals surface area contributed by atoms with Crippen LogP contribution in [0, 0.1) is 10.1 Å². The molecule has 1 unspecified atom stereocenters. The van der Waals surface area contributed by atoms with Gasteiger partial charge in [0.15, 0.2) is 6.10 Å². The number of hydrogen-bond donors (Lipinski definition) is 1. The minimum absolute atomic E-state index is 0.0173. The normalized spacial score (nSPS) is 12.3. The van der Waals surface area contributed by atoms with E-state index < -0.39 is 27.0 Å². The lowest BCUT2D eigenvalue weighted by Gasteiger charge is -2.10. The van der Waals surface area contributed by atoms with Crippen LogP contribution in [0.4, 0.5) is 5.69 Å². The number of esters is 1. The largest absolute Gasteiger partial charge is 0.453 e. The van der Waals surface area contributed by atoms with E-state index in [0.717, 1.165) is 0 Å². The molecule has 2 aromatic carbocycles. The van der Waals surface area contributed by atoms with E-state index in [0.29, 0.717) is 5.56 Å². The van der Waals surface area contributed by atoms with E-state index in [9.17, 15) is 23.3 Å². The number of carbonyl (C=O) groups is 1. The number of hydrogen-bond acceptors (Lipinski definition) is 9. The molecule has 0 aliphatic carbocycles. The van der Waals surface area contributed by atoms with Crippen LogP contribution in [0.25, 0.3) is 11.5 Å². The molecule has 1 aromatic heterocycles. The predicted octanol–water partition coefficient (Wildman–Crippen LogP) is 3.27. The zero-order chi connectivity index (χ0) is 23.3. The van der Waals surface area contributed by atoms with Gasteiger partial charge in [-0.3, -0.25) is 14.9 Å². The Kier molecular flexibility index (Phi) is 7.18. The Morgan fingerprint density at radius 1 is 1.25 bits per heavy atom. The van der Waals surface area contributed by atoms with Crippen LogP contribution in [0.2, 0.25) is 5.02 Å². The minimum atomic E-state index is -3.82. The number of nitrogens with zero attached hydrogens (tertiary/aromatic N) is 3. The summed E-state index contributed by atoms with van der Waals surface area (Å²) < 4.78 is 37.4. The van der Waals surface area contributed by atoms with E-state index in [2.05, 4.69) is 14.9 Å². The van der Waals surface area contributed by atoms with Gasteiger partial charge in [-0.1, -0.05) is 17.7 Å². The molecule has 0 bridgehead atoms. The van der Waals surface area contributed by atoms with E-state index in [1.54, 1.807) is 6.07 Å². The lowest BCUT2D eigenvalue weighted by Crippen LogP contribution is -2.27. The Bertz CT molecular complexity index is 1230. The summed E-state index contributed by atoms with van der Waals surface area (Å²) in [6, 6.07) is 11.2. The molecule has 0 radical (unpaired) electrons. The summed E-state index contributed by atoms with van der Waals surface area (Å²) in [7, 11) is -3.82. The maximum atomic E-state index is 12.2. The Labute approximate surface area is 187 Å². The minimum Gasteiger partial charge on any atom is -0.453 e. The first-order valence-corrected chi connectivity index (χ1v) is 11.0. The van der Waals surface area contributed by atoms with Gasteiger partial charge in [-0.15, -0.1) is 10.2 Å². The van der Waals surface area contributed by atoms with Crippen molar-refractivity contribution in [3.05, 3.63) is 69.6 Å². The Hall–Kier alpha value is -3.35. The number of non-ortho nitro benzene ring substituents is 1. The molecule has 0 aliphatic rings. The lowest BCUT2D eigenvalue weighted by molar-refractivity contribution is -0.384. The second kappa shape index (κ2) is 9.85. The fourth-order valence-corrected chi connectivity index (χ4v) is 3.88. The van der Waals surface area contributed by atoms with Gasteiger partial charge in [-0.25, -0.2) is 13.1 Å². The van der Waals surface area contributed by atoms with Crippen molar-refractivity contribution in [2.45, 2.75) is 24.3 Å². The van der Waals surface area contributed by atoms with Crippen LogP contribution in [0.3, 0.4) is 0 Å². The van der Waals surface area contributed by atoms with Crippen molar-refractivity contribution in [1.82, 2.24) is 14.9 Å². The molecule has 1 heterocycles. The smallest absolute Gasteiger partial charge is 0.307 e. The SMILES string of the molecule is CC(OC(=O)CCNS(=O)(=O)c1cccc(Cl)c1)c1nnc(-c2ccc([N+](=O)[O-])cc2)o1. The fourth-order valence-electron chi connectivity index (χ4n) is 2.55. The van der Waals surface area contributed by atoms with Gasteiger partial charge < -0.3 is 9.15 Å². The van der Waals surface area contributed by atoms with Gasteiger partial charge >= 0.3 is 5.97 Å². The summed E-state index contributed by atoms with van der Waals surface area (Å²) >= 11 is 5.80. The Balaban J connectivity index is 1.53. The zero-order valence-corrected chi connectivity index (χ0v) is 18.2. The van der Waals surface area contributed by atoms with Crippen molar-refractivity contribution in [2.75, 3.05) is 6.54 Å². The van der Waals surface area contributed by atoms with Crippen molar-refractivity contribution in [3.8, 4) is 11.5 Å². The van der Waals surface area contributed by atoms with Gasteiger partial charge in [0.05, 0.1) is 16.2 Å². The number of rotatable bonds is 9. The topological polar surface area (TPSA) is 155 Å². The number of aromatic nitrogens is 2. The van der Waals surface area contributed by atoms with Crippen LogP contribution < -0.4 is 4.72 Å². The van der Waals surface area contributed by atoms with Crippen LogP contribution in [-0.4, -0.2) is 36.1 Å². The third-order valence-electron chi connectivity index (χ3n) is 4.15. The zero-order valence-electron chi connectivity index (χ0n) is 16.6. The highest BCUT2D eigenvalue weighted by Crippen LogP contribution is 2.24. The first-order chi connectivity index (χ1) is 15.2. The highest BCUT2D eigenvalue weighted by atomic mass is 35.5. The van der Waals surface area contributed by atoms with Gasteiger partial charge in [0, 0.05) is 29.3 Å². The molecule has 0 aliphatic heterocycles. The molecule has 1 N–H and O–H groups in total. The van der Waals surface area contributed by atoms with Crippen molar-refractivity contribution in [1.29, 1.82) is 0 Å². The van der Waals surface area contributed by atoms with E-state index in [4.69, 9.17) is 20.8 Å². The number of carbonyl (C=O) groups excluding carboxylic acids is 1. The monoisotopic (exact) mass is 480 g/mol. The van der Waals surface area contributed by atoms with Gasteiger partial charge in [0.25, 0.3) is 11.6 Å². The van der Waals surface area contributed by atoms with Gasteiger partial charge in [-0.2, -0.15) is 0 Å². The molecule has 3 rings (SSSR count). The molecular formula is C19H17ClN4O7S. The average molecular weight is 481 g/mol. The first kappa shape index (κ1) is 23.3.